The highest BCUT2D eigenvalue weighted by Crippen LogP contribution is 2.21. The molecule has 0 aliphatic heterocycles. The third kappa shape index (κ3) is 5.13. The zero-order valence-electron chi connectivity index (χ0n) is 14.4. The van der Waals surface area contributed by atoms with Gasteiger partial charge in [0.15, 0.2) is 5.11 Å². The van der Waals surface area contributed by atoms with E-state index in [4.69, 9.17) is 21.7 Å². The van der Waals surface area contributed by atoms with Crippen molar-refractivity contribution in [1.29, 1.82) is 0 Å². The first-order valence-electron chi connectivity index (χ1n) is 8.04. The molecule has 0 saturated heterocycles. The number of hydrogen-bond donors (Lipinski definition) is 2. The quantitative estimate of drug-likeness (QED) is 0.745. The monoisotopic (exact) mass is 344 g/mol. The summed E-state index contributed by atoms with van der Waals surface area (Å²) < 4.78 is 10.9. The number of nitrogens with one attached hydrogen (secondary N) is 2. The smallest absolute Gasteiger partial charge is 0.170 e. The molecule has 128 valence electrons. The number of hydrogen-bond acceptors (Lipinski definition) is 3. The van der Waals surface area contributed by atoms with E-state index in [-0.39, 0.29) is 0 Å². The third-order valence-corrected chi connectivity index (χ3v) is 3.88. The first kappa shape index (κ1) is 18.1. The molecule has 0 heterocycles. The molecule has 2 aromatic carbocycles. The molecule has 0 fully saturated rings. The summed E-state index contributed by atoms with van der Waals surface area (Å²) in [6.45, 7) is 5.42. The minimum absolute atomic E-state index is 0.608. The molecule has 0 spiro atoms. The van der Waals surface area contributed by atoms with Crippen LogP contribution in [0.1, 0.15) is 18.1 Å². The summed E-state index contributed by atoms with van der Waals surface area (Å²) in [4.78, 5) is 0. The second-order valence-electron chi connectivity index (χ2n) is 5.35. The fourth-order valence-corrected chi connectivity index (χ4v) is 2.60. The van der Waals surface area contributed by atoms with Crippen LogP contribution in [-0.2, 0) is 6.42 Å². The Bertz CT molecular complexity index is 689. The van der Waals surface area contributed by atoms with Crippen LogP contribution in [0.4, 0.5) is 5.69 Å². The summed E-state index contributed by atoms with van der Waals surface area (Å²) >= 11 is 5.37. The van der Waals surface area contributed by atoms with Crippen LogP contribution in [0.5, 0.6) is 11.5 Å². The number of para-hydroxylation sites is 1. The molecule has 0 amide bonds. The molecule has 0 aliphatic carbocycles. The summed E-state index contributed by atoms with van der Waals surface area (Å²) in [6, 6.07) is 13.9. The number of benzene rings is 2. The highest BCUT2D eigenvalue weighted by molar-refractivity contribution is 7.80. The molecule has 5 heteroatoms. The molecule has 2 aromatic rings. The van der Waals surface area contributed by atoms with Gasteiger partial charge in [0.25, 0.3) is 0 Å². The first-order chi connectivity index (χ1) is 11.6. The Hall–Kier alpha value is -2.27. The molecular formula is C19H24N2O2S. The van der Waals surface area contributed by atoms with E-state index in [1.54, 1.807) is 7.11 Å². The van der Waals surface area contributed by atoms with Crippen molar-refractivity contribution in [2.45, 2.75) is 20.3 Å². The molecule has 24 heavy (non-hydrogen) atoms. The van der Waals surface area contributed by atoms with Gasteiger partial charge in [0, 0.05) is 12.2 Å². The Kier molecular flexibility index (Phi) is 6.88. The molecule has 0 saturated carbocycles. The molecule has 0 unspecified atom stereocenters. The van der Waals surface area contributed by atoms with Gasteiger partial charge in [0.2, 0.25) is 0 Å². The van der Waals surface area contributed by atoms with Crippen LogP contribution >= 0.6 is 12.2 Å². The van der Waals surface area contributed by atoms with Gasteiger partial charge in [-0.2, -0.15) is 0 Å². The van der Waals surface area contributed by atoms with E-state index >= 15 is 0 Å². The van der Waals surface area contributed by atoms with Gasteiger partial charge in [-0.25, -0.2) is 0 Å². The molecular weight excluding hydrogens is 320 g/mol. The number of anilines is 1. The highest BCUT2D eigenvalue weighted by Gasteiger charge is 2.05. The third-order valence-electron chi connectivity index (χ3n) is 3.63. The lowest BCUT2D eigenvalue weighted by molar-refractivity contribution is 0.336. The van der Waals surface area contributed by atoms with E-state index < -0.39 is 0 Å². The van der Waals surface area contributed by atoms with Crippen LogP contribution in [0.15, 0.2) is 42.5 Å². The number of methoxy groups -OCH3 is 1. The van der Waals surface area contributed by atoms with Gasteiger partial charge in [-0.1, -0.05) is 18.2 Å². The average molecular weight is 344 g/mol. The van der Waals surface area contributed by atoms with Crippen molar-refractivity contribution in [2.24, 2.45) is 0 Å². The molecule has 0 aromatic heterocycles. The fraction of sp³-hybridized carbons (Fsp3) is 0.316. The Morgan fingerprint density at radius 2 is 1.96 bits per heavy atom. The lowest BCUT2D eigenvalue weighted by atomic mass is 10.1. The van der Waals surface area contributed by atoms with Crippen molar-refractivity contribution in [2.75, 3.05) is 25.6 Å². The Morgan fingerprint density at radius 3 is 2.67 bits per heavy atom. The maximum atomic E-state index is 5.64. The average Bonchev–Trinajstić information content (AvgIpc) is 2.58. The van der Waals surface area contributed by atoms with E-state index in [0.717, 1.165) is 35.7 Å². The topological polar surface area (TPSA) is 42.5 Å². The zero-order chi connectivity index (χ0) is 17.4. The van der Waals surface area contributed by atoms with Crippen molar-refractivity contribution < 1.29 is 9.47 Å². The second kappa shape index (κ2) is 9.13. The summed E-state index contributed by atoms with van der Waals surface area (Å²) in [6.07, 6.45) is 0.847. The summed E-state index contributed by atoms with van der Waals surface area (Å²) in [5.74, 6) is 1.77. The van der Waals surface area contributed by atoms with E-state index in [1.165, 1.54) is 5.56 Å². The number of thiocarbonyl (C=S) groups is 1. The second-order valence-corrected chi connectivity index (χ2v) is 5.76. The number of ether oxygens (including phenoxy) is 2. The predicted octanol–water partition coefficient (Wildman–Crippen LogP) is 3.93. The predicted molar refractivity (Wildman–Crippen MR) is 103 cm³/mol. The number of aryl methyl sites for hydroxylation is 1. The van der Waals surface area contributed by atoms with Crippen LogP contribution in [0.3, 0.4) is 0 Å². The lowest BCUT2D eigenvalue weighted by Crippen LogP contribution is -2.30. The SMILES string of the molecule is CCOc1ccccc1CCNC(=S)Nc1ccc(OC)cc1C. The molecule has 0 atom stereocenters. The van der Waals surface area contributed by atoms with Crippen molar-refractivity contribution >= 4 is 23.0 Å². The van der Waals surface area contributed by atoms with E-state index in [2.05, 4.69) is 16.7 Å². The van der Waals surface area contributed by atoms with Gasteiger partial charge in [0.1, 0.15) is 11.5 Å². The molecule has 0 radical (unpaired) electrons. The van der Waals surface area contributed by atoms with Gasteiger partial charge in [-0.05, 0) is 67.9 Å². The van der Waals surface area contributed by atoms with Gasteiger partial charge in [0.05, 0.1) is 13.7 Å². The fourth-order valence-electron chi connectivity index (χ4n) is 2.39. The first-order valence-corrected chi connectivity index (χ1v) is 8.45. The number of rotatable bonds is 7. The molecule has 4 nitrogen and oxygen atoms in total. The van der Waals surface area contributed by atoms with Gasteiger partial charge in [-0.3, -0.25) is 0 Å². The van der Waals surface area contributed by atoms with Gasteiger partial charge in [-0.15, -0.1) is 0 Å². The molecule has 2 rings (SSSR count). The zero-order valence-corrected chi connectivity index (χ0v) is 15.2. The van der Waals surface area contributed by atoms with Crippen molar-refractivity contribution in [3.63, 3.8) is 0 Å². The van der Waals surface area contributed by atoms with E-state index in [0.29, 0.717) is 11.7 Å². The molecule has 2 N–H and O–H groups in total. The maximum Gasteiger partial charge on any atom is 0.170 e. The largest absolute Gasteiger partial charge is 0.497 e. The Morgan fingerprint density at radius 1 is 1.17 bits per heavy atom. The van der Waals surface area contributed by atoms with Gasteiger partial charge < -0.3 is 20.1 Å². The Balaban J connectivity index is 1.86. The van der Waals surface area contributed by atoms with Crippen molar-refractivity contribution in [1.82, 2.24) is 5.32 Å². The van der Waals surface area contributed by atoms with Crippen molar-refractivity contribution in [3.8, 4) is 11.5 Å². The van der Waals surface area contributed by atoms with Crippen LogP contribution in [0.2, 0.25) is 0 Å². The standard InChI is InChI=1S/C19H24N2O2S/c1-4-23-18-8-6-5-7-15(18)11-12-20-19(24)21-17-10-9-16(22-3)13-14(17)2/h5-10,13H,4,11-12H2,1-3H3,(H2,20,21,24). The lowest BCUT2D eigenvalue weighted by Gasteiger charge is -2.14. The normalized spacial score (nSPS) is 10.1. The Labute approximate surface area is 149 Å². The van der Waals surface area contributed by atoms with Crippen LogP contribution in [-0.4, -0.2) is 25.4 Å². The molecule has 0 aliphatic rings. The minimum atomic E-state index is 0.608. The molecule has 0 bridgehead atoms. The van der Waals surface area contributed by atoms with Crippen LogP contribution < -0.4 is 20.1 Å². The summed E-state index contributed by atoms with van der Waals surface area (Å²) in [5, 5.41) is 7.07. The van der Waals surface area contributed by atoms with Crippen LogP contribution in [0.25, 0.3) is 0 Å². The van der Waals surface area contributed by atoms with Gasteiger partial charge >= 0.3 is 0 Å². The maximum absolute atomic E-state index is 5.64. The van der Waals surface area contributed by atoms with E-state index in [1.807, 2.05) is 50.2 Å². The highest BCUT2D eigenvalue weighted by atomic mass is 32.1. The van der Waals surface area contributed by atoms with E-state index in [9.17, 15) is 0 Å². The summed E-state index contributed by atoms with van der Waals surface area (Å²) in [7, 11) is 1.66. The van der Waals surface area contributed by atoms with Crippen LogP contribution in [0, 0.1) is 6.92 Å². The minimum Gasteiger partial charge on any atom is -0.497 e. The van der Waals surface area contributed by atoms with Crippen molar-refractivity contribution in [3.05, 3.63) is 53.6 Å². The summed E-state index contributed by atoms with van der Waals surface area (Å²) in [5.41, 5.74) is 3.23.